The van der Waals surface area contributed by atoms with Crippen LogP contribution in [0.5, 0.6) is 0 Å². The van der Waals surface area contributed by atoms with Crippen LogP contribution in [-0.4, -0.2) is 14.5 Å². The highest BCUT2D eigenvalue weighted by molar-refractivity contribution is 5.69. The fourth-order valence-corrected chi connectivity index (χ4v) is 3.87. The van der Waals surface area contributed by atoms with Crippen LogP contribution in [0.4, 0.5) is 26.3 Å². The van der Waals surface area contributed by atoms with Gasteiger partial charge in [0.2, 0.25) is 0 Å². The van der Waals surface area contributed by atoms with Crippen LogP contribution in [0.1, 0.15) is 11.1 Å². The van der Waals surface area contributed by atoms with Crippen LogP contribution in [-0.2, 0) is 12.7 Å². The molecule has 0 bridgehead atoms. The normalized spacial score (nSPS) is 11.8. The summed E-state index contributed by atoms with van der Waals surface area (Å²) in [7, 11) is 0. The van der Waals surface area contributed by atoms with Crippen molar-refractivity contribution >= 4 is 0 Å². The molecule has 0 aromatic heterocycles. The number of aromatic nitrogens is 3. The Morgan fingerprint density at radius 1 is 0.743 bits per heavy atom. The van der Waals surface area contributed by atoms with Crippen LogP contribution in [0, 0.1) is 17.5 Å². The minimum Gasteiger partial charge on any atom is -0.347 e. The monoisotopic (exact) mass is 483 g/mol. The van der Waals surface area contributed by atoms with Crippen LogP contribution in [0.15, 0.2) is 79.1 Å². The Morgan fingerprint density at radius 3 is 2.26 bits per heavy atom. The lowest BCUT2D eigenvalue weighted by atomic mass is 9.98. The Hall–Kier alpha value is -4.14. The molecule has 3 aromatic rings. The van der Waals surface area contributed by atoms with Gasteiger partial charge in [-0.1, -0.05) is 36.4 Å². The molecule has 176 valence electrons. The van der Waals surface area contributed by atoms with E-state index in [0.29, 0.717) is 11.4 Å². The van der Waals surface area contributed by atoms with Crippen molar-refractivity contribution in [1.29, 1.82) is 0 Å². The zero-order valence-corrected chi connectivity index (χ0v) is 17.8. The number of alkyl halides is 3. The zero-order chi connectivity index (χ0) is 24.7. The molecule has 0 radical (unpaired) electrons. The van der Waals surface area contributed by atoms with Crippen molar-refractivity contribution in [3.63, 3.8) is 0 Å². The van der Waals surface area contributed by atoms with Gasteiger partial charge in [0.05, 0.1) is 16.8 Å². The summed E-state index contributed by atoms with van der Waals surface area (Å²) in [6.07, 6.45) is -1.37. The standard InChI is InChI=1S/C26H15F6N3/c27-20-7-3-5-18(24(20)29)25-33-22-10-11-35(14-23(22)34-25)13-16-9-8-15(12-21(16)28)17-4-1-2-6-19(17)26(30,31)32/h1-12,14H,13H2. The van der Waals surface area contributed by atoms with E-state index in [2.05, 4.69) is 9.97 Å². The molecule has 0 aliphatic carbocycles. The fraction of sp³-hybridized carbons (Fsp3) is 0.0769. The molecular formula is C26H15F6N3. The van der Waals surface area contributed by atoms with Gasteiger partial charge in [0.25, 0.3) is 0 Å². The SMILES string of the molecule is Fc1cc(-c2ccccc2C(F)(F)F)ccc1Cn1ccc2nc(-c3cccc(F)c3F)nc-2c1. The first-order valence-electron chi connectivity index (χ1n) is 10.4. The molecule has 0 fully saturated rings. The summed E-state index contributed by atoms with van der Waals surface area (Å²) in [4.78, 5) is 8.48. The zero-order valence-electron chi connectivity index (χ0n) is 17.8. The Bertz CT molecular complexity index is 1510. The first kappa shape index (κ1) is 22.6. The van der Waals surface area contributed by atoms with Gasteiger partial charge in [-0.2, -0.15) is 13.2 Å². The summed E-state index contributed by atoms with van der Waals surface area (Å²) in [6, 6.07) is 14.3. The smallest absolute Gasteiger partial charge is 0.347 e. The molecule has 0 saturated carbocycles. The molecule has 0 amide bonds. The minimum atomic E-state index is -4.56. The van der Waals surface area contributed by atoms with E-state index in [4.69, 9.17) is 0 Å². The quantitative estimate of drug-likeness (QED) is 0.253. The van der Waals surface area contributed by atoms with Gasteiger partial charge in [0, 0.05) is 24.5 Å². The lowest BCUT2D eigenvalue weighted by molar-refractivity contribution is -0.137. The Labute approximate surface area is 195 Å². The molecule has 2 aliphatic rings. The molecule has 5 rings (SSSR count). The maximum atomic E-state index is 14.9. The predicted molar refractivity (Wildman–Crippen MR) is 118 cm³/mol. The van der Waals surface area contributed by atoms with Crippen LogP contribution in [0.2, 0.25) is 0 Å². The summed E-state index contributed by atoms with van der Waals surface area (Å²) < 4.78 is 84.2. The topological polar surface area (TPSA) is 30.7 Å². The van der Waals surface area contributed by atoms with Crippen molar-refractivity contribution in [3.05, 3.63) is 108 Å². The number of benzene rings is 3. The molecule has 0 spiro atoms. The third-order valence-corrected chi connectivity index (χ3v) is 5.57. The first-order chi connectivity index (χ1) is 16.7. The van der Waals surface area contributed by atoms with E-state index >= 15 is 0 Å². The molecule has 2 heterocycles. The van der Waals surface area contributed by atoms with Crippen LogP contribution < -0.4 is 0 Å². The van der Waals surface area contributed by atoms with Crippen LogP contribution in [0.3, 0.4) is 0 Å². The number of halogens is 6. The first-order valence-corrected chi connectivity index (χ1v) is 10.4. The van der Waals surface area contributed by atoms with Crippen molar-refractivity contribution in [2.24, 2.45) is 0 Å². The second-order valence-electron chi connectivity index (χ2n) is 7.89. The molecule has 35 heavy (non-hydrogen) atoms. The van der Waals surface area contributed by atoms with Gasteiger partial charge in [-0.3, -0.25) is 0 Å². The van der Waals surface area contributed by atoms with Gasteiger partial charge in [-0.05, 0) is 41.5 Å². The number of fused-ring (bicyclic) bond motifs is 1. The average Bonchev–Trinajstić information content (AvgIpc) is 3.25. The molecular weight excluding hydrogens is 468 g/mol. The lowest BCUT2D eigenvalue weighted by Crippen LogP contribution is -2.07. The third-order valence-electron chi connectivity index (χ3n) is 5.57. The molecule has 0 N–H and O–H groups in total. The highest BCUT2D eigenvalue weighted by atomic mass is 19.4. The van der Waals surface area contributed by atoms with Gasteiger partial charge in [-0.25, -0.2) is 23.1 Å². The Kier molecular flexibility index (Phi) is 5.55. The number of imidazole rings is 1. The van der Waals surface area contributed by atoms with Gasteiger partial charge < -0.3 is 4.57 Å². The van der Waals surface area contributed by atoms with E-state index in [1.165, 1.54) is 42.5 Å². The molecule has 9 heteroatoms. The average molecular weight is 483 g/mol. The maximum absolute atomic E-state index is 14.9. The van der Waals surface area contributed by atoms with Crippen molar-refractivity contribution in [1.82, 2.24) is 14.5 Å². The largest absolute Gasteiger partial charge is 0.417 e. The molecule has 0 atom stereocenters. The van der Waals surface area contributed by atoms with Gasteiger partial charge in [-0.15, -0.1) is 0 Å². The van der Waals surface area contributed by atoms with E-state index in [9.17, 15) is 26.3 Å². The summed E-state index contributed by atoms with van der Waals surface area (Å²) in [5, 5.41) is 0. The summed E-state index contributed by atoms with van der Waals surface area (Å²) in [5.74, 6) is -2.70. The van der Waals surface area contributed by atoms with E-state index in [-0.39, 0.29) is 34.6 Å². The minimum absolute atomic E-state index is 0.0219. The Balaban J connectivity index is 1.44. The Morgan fingerprint density at radius 2 is 1.49 bits per heavy atom. The van der Waals surface area contributed by atoms with Gasteiger partial charge in [0.15, 0.2) is 17.5 Å². The number of hydrogen-bond donors (Lipinski definition) is 0. The van der Waals surface area contributed by atoms with Gasteiger partial charge >= 0.3 is 6.18 Å². The predicted octanol–water partition coefficient (Wildman–Crippen LogP) is 7.20. The second kappa shape index (κ2) is 8.57. The summed E-state index contributed by atoms with van der Waals surface area (Å²) in [5.41, 5.74) is 0.174. The van der Waals surface area contributed by atoms with E-state index in [1.54, 1.807) is 23.0 Å². The van der Waals surface area contributed by atoms with Crippen molar-refractivity contribution in [3.8, 4) is 33.9 Å². The van der Waals surface area contributed by atoms with Crippen LogP contribution >= 0.6 is 0 Å². The molecule has 0 unspecified atom stereocenters. The van der Waals surface area contributed by atoms with E-state index in [0.717, 1.165) is 18.2 Å². The highest BCUT2D eigenvalue weighted by Crippen LogP contribution is 2.37. The summed E-state index contributed by atoms with van der Waals surface area (Å²) >= 11 is 0. The van der Waals surface area contributed by atoms with Crippen molar-refractivity contribution < 1.29 is 26.3 Å². The van der Waals surface area contributed by atoms with Gasteiger partial charge in [0.1, 0.15) is 11.5 Å². The molecule has 3 aromatic carbocycles. The lowest BCUT2D eigenvalue weighted by Gasteiger charge is -2.14. The molecule has 0 saturated heterocycles. The number of nitrogens with zero attached hydrogens (tertiary/aromatic N) is 3. The number of pyridine rings is 1. The van der Waals surface area contributed by atoms with E-state index in [1.807, 2.05) is 0 Å². The number of rotatable bonds is 4. The third kappa shape index (κ3) is 4.37. The van der Waals surface area contributed by atoms with Crippen molar-refractivity contribution in [2.75, 3.05) is 0 Å². The second-order valence-corrected chi connectivity index (χ2v) is 7.89. The number of hydrogen-bond acceptors (Lipinski definition) is 2. The molecule has 2 aliphatic heterocycles. The van der Waals surface area contributed by atoms with Crippen molar-refractivity contribution in [2.45, 2.75) is 12.7 Å². The van der Waals surface area contributed by atoms with Crippen LogP contribution in [0.25, 0.3) is 33.9 Å². The highest BCUT2D eigenvalue weighted by Gasteiger charge is 2.33. The summed E-state index contributed by atoms with van der Waals surface area (Å²) in [6.45, 7) is 0.0689. The molecule has 3 nitrogen and oxygen atoms in total. The van der Waals surface area contributed by atoms with E-state index < -0.39 is 29.2 Å². The fourth-order valence-electron chi connectivity index (χ4n) is 3.87. The maximum Gasteiger partial charge on any atom is 0.417 e.